The molecule has 1 atom stereocenters. The molecule has 0 unspecified atom stereocenters. The molecule has 0 bridgehead atoms. The summed E-state index contributed by atoms with van der Waals surface area (Å²) in [6, 6.07) is 8.91. The van der Waals surface area contributed by atoms with E-state index in [9.17, 15) is 4.79 Å². The molecule has 1 heterocycles. The van der Waals surface area contributed by atoms with E-state index in [1.807, 2.05) is 31.1 Å². The van der Waals surface area contributed by atoms with Crippen molar-refractivity contribution in [1.29, 1.82) is 0 Å². The van der Waals surface area contributed by atoms with E-state index in [0.29, 0.717) is 17.3 Å². The molecule has 1 aromatic carbocycles. The van der Waals surface area contributed by atoms with Crippen molar-refractivity contribution >= 4 is 33.4 Å². The van der Waals surface area contributed by atoms with Crippen LogP contribution >= 0.6 is 27.5 Å². The Balaban J connectivity index is 1.84. The van der Waals surface area contributed by atoms with Crippen molar-refractivity contribution in [1.82, 2.24) is 10.2 Å². The van der Waals surface area contributed by atoms with Gasteiger partial charge in [0.15, 0.2) is 6.61 Å². The van der Waals surface area contributed by atoms with Gasteiger partial charge in [0.05, 0.1) is 17.3 Å². The molecule has 0 aliphatic rings. The van der Waals surface area contributed by atoms with Crippen molar-refractivity contribution in [3.8, 4) is 5.75 Å². The maximum absolute atomic E-state index is 12.0. The molecule has 0 radical (unpaired) electrons. The SMILES string of the molecule is CN(C)[C@H](CNC(=O)COc1ccc(Br)cc1Cl)c1ccco1. The zero-order valence-electron chi connectivity index (χ0n) is 12.9. The zero-order valence-corrected chi connectivity index (χ0v) is 15.2. The number of hydrogen-bond acceptors (Lipinski definition) is 4. The number of halogens is 2. The van der Waals surface area contributed by atoms with Crippen LogP contribution in [0.1, 0.15) is 11.8 Å². The average molecular weight is 402 g/mol. The molecule has 5 nitrogen and oxygen atoms in total. The summed E-state index contributed by atoms with van der Waals surface area (Å²) in [4.78, 5) is 13.9. The lowest BCUT2D eigenvalue weighted by Crippen LogP contribution is -2.36. The van der Waals surface area contributed by atoms with Crippen LogP contribution in [0, 0.1) is 0 Å². The van der Waals surface area contributed by atoms with E-state index >= 15 is 0 Å². The lowest BCUT2D eigenvalue weighted by atomic mass is 10.2. The third-order valence-electron chi connectivity index (χ3n) is 3.24. The Bertz CT molecular complexity index is 647. The van der Waals surface area contributed by atoms with Gasteiger partial charge < -0.3 is 14.5 Å². The molecule has 0 aliphatic heterocycles. The third kappa shape index (κ3) is 5.27. The standard InChI is InChI=1S/C16H18BrClN2O3/c1-20(2)13(15-4-3-7-22-15)9-19-16(21)10-23-14-6-5-11(17)8-12(14)18/h3-8,13H,9-10H2,1-2H3,(H,19,21)/t13-/m1/s1. The predicted octanol–water partition coefficient (Wildman–Crippen LogP) is 3.49. The molecule has 23 heavy (non-hydrogen) atoms. The highest BCUT2D eigenvalue weighted by atomic mass is 79.9. The van der Waals surface area contributed by atoms with Crippen LogP contribution in [0.5, 0.6) is 5.75 Å². The van der Waals surface area contributed by atoms with Gasteiger partial charge in [0, 0.05) is 11.0 Å². The van der Waals surface area contributed by atoms with Gasteiger partial charge in [-0.1, -0.05) is 27.5 Å². The molecule has 2 rings (SSSR count). The minimum Gasteiger partial charge on any atom is -0.482 e. The van der Waals surface area contributed by atoms with Gasteiger partial charge in [-0.3, -0.25) is 9.69 Å². The van der Waals surface area contributed by atoms with Crippen LogP contribution in [0.25, 0.3) is 0 Å². The largest absolute Gasteiger partial charge is 0.482 e. The Kier molecular flexibility index (Phi) is 6.50. The zero-order chi connectivity index (χ0) is 16.8. The summed E-state index contributed by atoms with van der Waals surface area (Å²) in [6.07, 6.45) is 1.62. The first-order chi connectivity index (χ1) is 11.0. The molecule has 0 saturated heterocycles. The van der Waals surface area contributed by atoms with Gasteiger partial charge in [0.1, 0.15) is 11.5 Å². The van der Waals surface area contributed by atoms with E-state index in [2.05, 4.69) is 21.2 Å². The lowest BCUT2D eigenvalue weighted by molar-refractivity contribution is -0.123. The fraction of sp³-hybridized carbons (Fsp3) is 0.312. The van der Waals surface area contributed by atoms with E-state index in [-0.39, 0.29) is 18.6 Å². The number of likely N-dealkylation sites (N-methyl/N-ethyl adjacent to an activating group) is 1. The Morgan fingerprint density at radius 3 is 2.83 bits per heavy atom. The number of carbonyl (C=O) groups excluding carboxylic acids is 1. The van der Waals surface area contributed by atoms with Crippen molar-refractivity contribution in [2.24, 2.45) is 0 Å². The lowest BCUT2D eigenvalue weighted by Gasteiger charge is -2.22. The minimum atomic E-state index is -0.220. The monoisotopic (exact) mass is 400 g/mol. The topological polar surface area (TPSA) is 54.7 Å². The fourth-order valence-electron chi connectivity index (χ4n) is 2.02. The highest BCUT2D eigenvalue weighted by molar-refractivity contribution is 9.10. The van der Waals surface area contributed by atoms with Crippen LogP contribution in [0.2, 0.25) is 5.02 Å². The first-order valence-corrected chi connectivity index (χ1v) is 8.19. The number of benzene rings is 1. The number of furan rings is 1. The van der Waals surface area contributed by atoms with Gasteiger partial charge in [0.2, 0.25) is 0 Å². The summed E-state index contributed by atoms with van der Waals surface area (Å²) < 4.78 is 11.7. The Labute approximate surface area is 148 Å². The van der Waals surface area contributed by atoms with E-state index in [4.69, 9.17) is 20.8 Å². The van der Waals surface area contributed by atoms with Crippen molar-refractivity contribution in [3.63, 3.8) is 0 Å². The summed E-state index contributed by atoms with van der Waals surface area (Å²) >= 11 is 9.36. The minimum absolute atomic E-state index is 0.0368. The summed E-state index contributed by atoms with van der Waals surface area (Å²) in [5.41, 5.74) is 0. The predicted molar refractivity (Wildman–Crippen MR) is 92.8 cm³/mol. The second-order valence-corrected chi connectivity index (χ2v) is 6.49. The Morgan fingerprint density at radius 2 is 2.22 bits per heavy atom. The van der Waals surface area contributed by atoms with Crippen molar-refractivity contribution in [3.05, 3.63) is 51.9 Å². The second-order valence-electron chi connectivity index (χ2n) is 5.16. The summed E-state index contributed by atoms with van der Waals surface area (Å²) in [7, 11) is 3.86. The summed E-state index contributed by atoms with van der Waals surface area (Å²) in [5, 5.41) is 3.29. The highest BCUT2D eigenvalue weighted by Gasteiger charge is 2.18. The molecule has 1 N–H and O–H groups in total. The average Bonchev–Trinajstić information content (AvgIpc) is 3.00. The van der Waals surface area contributed by atoms with Gasteiger partial charge in [-0.25, -0.2) is 0 Å². The molecule has 0 fully saturated rings. The van der Waals surface area contributed by atoms with Crippen molar-refractivity contribution in [2.45, 2.75) is 6.04 Å². The van der Waals surface area contributed by atoms with Crippen LogP contribution in [-0.4, -0.2) is 38.1 Å². The first kappa shape index (κ1) is 17.8. The molecule has 0 spiro atoms. The molecule has 1 aromatic heterocycles. The maximum atomic E-state index is 12.0. The second kappa shape index (κ2) is 8.38. The molecule has 1 amide bonds. The van der Waals surface area contributed by atoms with E-state index in [0.717, 1.165) is 10.2 Å². The third-order valence-corrected chi connectivity index (χ3v) is 4.03. The molecule has 0 saturated carbocycles. The quantitative estimate of drug-likeness (QED) is 0.771. The molecule has 2 aromatic rings. The Morgan fingerprint density at radius 1 is 1.43 bits per heavy atom. The fourth-order valence-corrected chi connectivity index (χ4v) is 2.74. The van der Waals surface area contributed by atoms with Gasteiger partial charge >= 0.3 is 0 Å². The number of nitrogens with one attached hydrogen (secondary N) is 1. The first-order valence-electron chi connectivity index (χ1n) is 7.01. The molecule has 7 heteroatoms. The van der Waals surface area contributed by atoms with Gasteiger partial charge in [-0.05, 0) is 44.4 Å². The molecule has 0 aliphatic carbocycles. The molecular weight excluding hydrogens is 384 g/mol. The van der Waals surface area contributed by atoms with Gasteiger partial charge in [0.25, 0.3) is 5.91 Å². The van der Waals surface area contributed by atoms with Crippen LogP contribution in [0.3, 0.4) is 0 Å². The number of rotatable bonds is 7. The Hall–Kier alpha value is -1.50. The normalized spacial score (nSPS) is 12.2. The number of nitrogens with zero attached hydrogens (tertiary/aromatic N) is 1. The van der Waals surface area contributed by atoms with Crippen LogP contribution in [-0.2, 0) is 4.79 Å². The van der Waals surface area contributed by atoms with Crippen molar-refractivity contribution < 1.29 is 13.9 Å². The number of carbonyl (C=O) groups is 1. The van der Waals surface area contributed by atoms with E-state index in [1.54, 1.807) is 24.5 Å². The summed E-state index contributed by atoms with van der Waals surface area (Å²) in [5.74, 6) is 1.05. The van der Waals surface area contributed by atoms with Gasteiger partial charge in [-0.2, -0.15) is 0 Å². The van der Waals surface area contributed by atoms with Crippen molar-refractivity contribution in [2.75, 3.05) is 27.2 Å². The van der Waals surface area contributed by atoms with E-state index < -0.39 is 0 Å². The summed E-state index contributed by atoms with van der Waals surface area (Å²) in [6.45, 7) is 0.330. The van der Waals surface area contributed by atoms with Crippen LogP contribution in [0.15, 0.2) is 45.5 Å². The number of ether oxygens (including phenoxy) is 1. The smallest absolute Gasteiger partial charge is 0.258 e. The van der Waals surface area contributed by atoms with Crippen LogP contribution < -0.4 is 10.1 Å². The van der Waals surface area contributed by atoms with Gasteiger partial charge in [-0.15, -0.1) is 0 Å². The van der Waals surface area contributed by atoms with E-state index in [1.165, 1.54) is 0 Å². The number of hydrogen-bond donors (Lipinski definition) is 1. The highest BCUT2D eigenvalue weighted by Crippen LogP contribution is 2.27. The maximum Gasteiger partial charge on any atom is 0.258 e. The molecular formula is C16H18BrClN2O3. The number of amides is 1. The van der Waals surface area contributed by atoms with Crippen LogP contribution in [0.4, 0.5) is 0 Å². The molecule has 124 valence electrons.